The number of ether oxygens (including phenoxy) is 2. The average Bonchev–Trinajstić information content (AvgIpc) is 3.02. The van der Waals surface area contributed by atoms with E-state index in [-0.39, 0.29) is 5.91 Å². The molecule has 1 N–H and O–H groups in total. The zero-order chi connectivity index (χ0) is 21.0. The van der Waals surface area contributed by atoms with Gasteiger partial charge in [0.2, 0.25) is 0 Å². The summed E-state index contributed by atoms with van der Waals surface area (Å²) >= 11 is 0. The molecule has 3 rings (SSSR count). The summed E-state index contributed by atoms with van der Waals surface area (Å²) in [6.07, 6.45) is -0.897. The molecule has 0 unspecified atom stereocenters. The van der Waals surface area contributed by atoms with E-state index in [0.29, 0.717) is 11.3 Å². The van der Waals surface area contributed by atoms with Gasteiger partial charge in [-0.05, 0) is 58.0 Å². The zero-order valence-corrected chi connectivity index (χ0v) is 17.5. The number of morpholine rings is 1. The van der Waals surface area contributed by atoms with Crippen LogP contribution in [0.2, 0.25) is 0 Å². The number of amides is 1. The third kappa shape index (κ3) is 4.79. The molecule has 29 heavy (non-hydrogen) atoms. The van der Waals surface area contributed by atoms with Crippen LogP contribution < -0.4 is 10.2 Å². The molecular weight excluding hydrogens is 370 g/mol. The van der Waals surface area contributed by atoms with Crippen LogP contribution in [0.3, 0.4) is 0 Å². The molecule has 0 radical (unpaired) electrons. The number of nitrogens with zero attached hydrogens (tertiary/aromatic N) is 2. The van der Waals surface area contributed by atoms with Crippen LogP contribution in [0, 0.1) is 13.8 Å². The fraction of sp³-hybridized carbons (Fsp3) is 0.455. The molecule has 1 saturated heterocycles. The second-order valence-corrected chi connectivity index (χ2v) is 7.21. The first-order chi connectivity index (χ1) is 13.9. The minimum absolute atomic E-state index is 0.359. The van der Waals surface area contributed by atoms with Gasteiger partial charge in [0.1, 0.15) is 0 Å². The number of hydrogen-bond donors (Lipinski definition) is 1. The highest BCUT2D eigenvalue weighted by molar-refractivity contribution is 5.97. The number of aromatic nitrogens is 1. The predicted molar refractivity (Wildman–Crippen MR) is 113 cm³/mol. The van der Waals surface area contributed by atoms with Crippen LogP contribution in [0.4, 0.5) is 11.4 Å². The maximum absolute atomic E-state index is 12.5. The molecule has 1 aliphatic rings. The van der Waals surface area contributed by atoms with E-state index in [2.05, 4.69) is 10.2 Å². The lowest BCUT2D eigenvalue weighted by Gasteiger charge is -2.28. The Morgan fingerprint density at radius 2 is 1.83 bits per heavy atom. The number of hydrogen-bond acceptors (Lipinski definition) is 5. The van der Waals surface area contributed by atoms with Crippen molar-refractivity contribution in [2.24, 2.45) is 0 Å². The van der Waals surface area contributed by atoms with Crippen LogP contribution in [0.1, 0.15) is 35.6 Å². The Kier molecular flexibility index (Phi) is 6.59. The molecule has 7 heteroatoms. The molecule has 0 bridgehead atoms. The van der Waals surface area contributed by atoms with Crippen molar-refractivity contribution in [1.29, 1.82) is 0 Å². The lowest BCUT2D eigenvalue weighted by molar-refractivity contribution is -0.123. The standard InChI is InChI=1S/C22H29N3O4/c1-5-25-15(2)14-20(16(25)3)22(27)29-17(4)21(26)23-18-6-8-19(9-7-18)24-10-12-28-13-11-24/h6-9,14,17H,5,10-13H2,1-4H3,(H,23,26)/t17-/m0/s1. The number of nitrogens with one attached hydrogen (secondary N) is 1. The molecule has 0 spiro atoms. The van der Waals surface area contributed by atoms with E-state index in [1.54, 1.807) is 13.0 Å². The van der Waals surface area contributed by atoms with Gasteiger partial charge in [0, 0.05) is 42.4 Å². The van der Waals surface area contributed by atoms with Crippen molar-refractivity contribution in [3.05, 3.63) is 47.3 Å². The van der Waals surface area contributed by atoms with Gasteiger partial charge >= 0.3 is 5.97 Å². The number of aryl methyl sites for hydroxylation is 1. The summed E-state index contributed by atoms with van der Waals surface area (Å²) in [7, 11) is 0. The first-order valence-electron chi connectivity index (χ1n) is 10.0. The fourth-order valence-corrected chi connectivity index (χ4v) is 3.59. The van der Waals surface area contributed by atoms with E-state index in [9.17, 15) is 9.59 Å². The number of esters is 1. The van der Waals surface area contributed by atoms with Crippen LogP contribution in [0.25, 0.3) is 0 Å². The summed E-state index contributed by atoms with van der Waals surface area (Å²) in [4.78, 5) is 27.2. The SMILES string of the molecule is CCn1c(C)cc(C(=O)O[C@@H](C)C(=O)Nc2ccc(N3CCOCC3)cc2)c1C. The van der Waals surface area contributed by atoms with E-state index >= 15 is 0 Å². The van der Waals surface area contributed by atoms with E-state index in [0.717, 1.165) is 49.9 Å². The van der Waals surface area contributed by atoms with E-state index < -0.39 is 12.1 Å². The minimum Gasteiger partial charge on any atom is -0.449 e. The van der Waals surface area contributed by atoms with Crippen molar-refractivity contribution < 1.29 is 19.1 Å². The lowest BCUT2D eigenvalue weighted by Crippen LogP contribution is -2.36. The Labute approximate surface area is 171 Å². The second-order valence-electron chi connectivity index (χ2n) is 7.21. The van der Waals surface area contributed by atoms with Crippen LogP contribution in [0.5, 0.6) is 0 Å². The summed E-state index contributed by atoms with van der Waals surface area (Å²) in [5.74, 6) is -0.843. The molecule has 156 valence electrons. The van der Waals surface area contributed by atoms with Gasteiger partial charge < -0.3 is 24.3 Å². The van der Waals surface area contributed by atoms with Crippen molar-refractivity contribution in [2.75, 3.05) is 36.5 Å². The van der Waals surface area contributed by atoms with Gasteiger partial charge in [-0.1, -0.05) is 0 Å². The smallest absolute Gasteiger partial charge is 0.340 e. The molecule has 1 aliphatic heterocycles. The third-order valence-electron chi connectivity index (χ3n) is 5.27. The Hall–Kier alpha value is -2.80. The van der Waals surface area contributed by atoms with Crippen molar-refractivity contribution >= 4 is 23.3 Å². The number of benzene rings is 1. The van der Waals surface area contributed by atoms with Crippen molar-refractivity contribution in [3.8, 4) is 0 Å². The largest absolute Gasteiger partial charge is 0.449 e. The first-order valence-corrected chi connectivity index (χ1v) is 10.0. The van der Waals surface area contributed by atoms with Crippen LogP contribution in [-0.2, 0) is 20.8 Å². The zero-order valence-electron chi connectivity index (χ0n) is 17.5. The normalized spacial score (nSPS) is 15.1. The summed E-state index contributed by atoms with van der Waals surface area (Å²) in [5.41, 5.74) is 4.10. The van der Waals surface area contributed by atoms with Crippen LogP contribution in [-0.4, -0.2) is 48.9 Å². The predicted octanol–water partition coefficient (Wildman–Crippen LogP) is 3.15. The quantitative estimate of drug-likeness (QED) is 0.756. The average molecular weight is 399 g/mol. The molecule has 1 aromatic carbocycles. The van der Waals surface area contributed by atoms with Gasteiger partial charge in [0.05, 0.1) is 18.8 Å². The third-order valence-corrected chi connectivity index (χ3v) is 5.27. The number of carbonyl (C=O) groups is 2. The Morgan fingerprint density at radius 1 is 1.17 bits per heavy atom. The highest BCUT2D eigenvalue weighted by Gasteiger charge is 2.22. The topological polar surface area (TPSA) is 72.8 Å². The molecular formula is C22H29N3O4. The van der Waals surface area contributed by atoms with Crippen LogP contribution >= 0.6 is 0 Å². The first kappa shape index (κ1) is 20.9. The van der Waals surface area contributed by atoms with Crippen molar-refractivity contribution in [2.45, 2.75) is 40.3 Å². The van der Waals surface area contributed by atoms with Crippen LogP contribution in [0.15, 0.2) is 30.3 Å². The fourth-order valence-electron chi connectivity index (χ4n) is 3.59. The Balaban J connectivity index is 1.58. The highest BCUT2D eigenvalue weighted by atomic mass is 16.5. The van der Waals surface area contributed by atoms with Crippen molar-refractivity contribution in [1.82, 2.24) is 4.57 Å². The number of carbonyl (C=O) groups excluding carboxylic acids is 2. The molecule has 0 saturated carbocycles. The molecule has 1 atom stereocenters. The van der Waals surface area contributed by atoms with Gasteiger partial charge in [0.25, 0.3) is 5.91 Å². The van der Waals surface area contributed by atoms with Gasteiger partial charge in [-0.15, -0.1) is 0 Å². The monoisotopic (exact) mass is 399 g/mol. The van der Waals surface area contributed by atoms with Gasteiger partial charge in [-0.3, -0.25) is 4.79 Å². The Bertz CT molecular complexity index is 867. The minimum atomic E-state index is -0.897. The van der Waals surface area contributed by atoms with Gasteiger partial charge in [-0.25, -0.2) is 4.79 Å². The molecule has 0 aliphatic carbocycles. The molecule has 2 aromatic rings. The second kappa shape index (κ2) is 9.13. The molecule has 1 amide bonds. The maximum Gasteiger partial charge on any atom is 0.340 e. The van der Waals surface area contributed by atoms with E-state index in [4.69, 9.17) is 9.47 Å². The Morgan fingerprint density at radius 3 is 2.41 bits per heavy atom. The summed E-state index contributed by atoms with van der Waals surface area (Å²) in [6.45, 7) is 11.4. The number of anilines is 2. The highest BCUT2D eigenvalue weighted by Crippen LogP contribution is 2.20. The maximum atomic E-state index is 12.5. The molecule has 7 nitrogen and oxygen atoms in total. The summed E-state index contributed by atoms with van der Waals surface area (Å²) < 4.78 is 12.8. The summed E-state index contributed by atoms with van der Waals surface area (Å²) in [5, 5.41) is 2.81. The molecule has 1 aromatic heterocycles. The number of rotatable bonds is 6. The van der Waals surface area contributed by atoms with Crippen molar-refractivity contribution in [3.63, 3.8) is 0 Å². The van der Waals surface area contributed by atoms with E-state index in [1.165, 1.54) is 0 Å². The lowest BCUT2D eigenvalue weighted by atomic mass is 10.2. The van der Waals surface area contributed by atoms with Gasteiger partial charge in [-0.2, -0.15) is 0 Å². The molecule has 1 fully saturated rings. The molecule has 2 heterocycles. The summed E-state index contributed by atoms with van der Waals surface area (Å²) in [6, 6.07) is 9.45. The van der Waals surface area contributed by atoms with Gasteiger partial charge in [0.15, 0.2) is 6.10 Å². The van der Waals surface area contributed by atoms with E-state index in [1.807, 2.05) is 49.6 Å².